The molecular formula is C21H21FN4O3. The number of piperazine rings is 1. The highest BCUT2D eigenvalue weighted by Crippen LogP contribution is 2.34. The molecule has 4 rings (SSSR count). The summed E-state index contributed by atoms with van der Waals surface area (Å²) < 4.78 is 15.2. The van der Waals surface area contributed by atoms with Crippen molar-refractivity contribution >= 4 is 22.3 Å². The summed E-state index contributed by atoms with van der Waals surface area (Å²) in [6, 6.07) is 14.1. The first-order valence-corrected chi connectivity index (χ1v) is 9.43. The minimum Gasteiger partial charge on any atom is -0.363 e. The smallest absolute Gasteiger partial charge is 0.357 e. The molecule has 0 unspecified atom stereocenters. The average molecular weight is 396 g/mol. The van der Waals surface area contributed by atoms with Crippen molar-refractivity contribution < 1.29 is 9.31 Å². The van der Waals surface area contributed by atoms with Crippen LogP contribution >= 0.6 is 0 Å². The van der Waals surface area contributed by atoms with Crippen LogP contribution in [0.25, 0.3) is 10.9 Å². The number of anilines is 1. The molecule has 1 saturated heterocycles. The molecule has 8 heteroatoms. The van der Waals surface area contributed by atoms with Crippen LogP contribution in [0.5, 0.6) is 0 Å². The van der Waals surface area contributed by atoms with Crippen molar-refractivity contribution in [2.45, 2.75) is 6.54 Å². The normalized spacial score (nSPS) is 15.0. The molecule has 1 aliphatic rings. The average Bonchev–Trinajstić information content (AvgIpc) is 2.71. The molecule has 0 saturated carbocycles. The second-order valence-electron chi connectivity index (χ2n) is 7.23. The lowest BCUT2D eigenvalue weighted by Crippen LogP contribution is -2.46. The zero-order chi connectivity index (χ0) is 20.5. The number of nitrogens with zero attached hydrogens (tertiary/aromatic N) is 4. The number of fused-ring (bicyclic) bond motifs is 1. The zero-order valence-corrected chi connectivity index (χ0v) is 16.0. The van der Waals surface area contributed by atoms with Gasteiger partial charge in [-0.15, -0.1) is 0 Å². The number of hydrogen-bond donors (Lipinski definition) is 0. The summed E-state index contributed by atoms with van der Waals surface area (Å²) in [5, 5.41) is 12.1. The van der Waals surface area contributed by atoms with Gasteiger partial charge in [-0.05, 0) is 23.8 Å². The fraction of sp³-hybridized carbons (Fsp3) is 0.286. The molecule has 0 spiro atoms. The third-order valence-corrected chi connectivity index (χ3v) is 5.43. The van der Waals surface area contributed by atoms with E-state index in [4.69, 9.17) is 0 Å². The maximum atomic E-state index is 14.0. The highest BCUT2D eigenvalue weighted by molar-refractivity contribution is 5.96. The molecule has 0 atom stereocenters. The zero-order valence-electron chi connectivity index (χ0n) is 16.0. The van der Waals surface area contributed by atoms with Gasteiger partial charge in [-0.2, -0.15) is 0 Å². The first-order valence-electron chi connectivity index (χ1n) is 9.43. The summed E-state index contributed by atoms with van der Waals surface area (Å²) in [5.41, 5.74) is 0.710. The Labute approximate surface area is 166 Å². The molecule has 7 nitrogen and oxygen atoms in total. The van der Waals surface area contributed by atoms with Crippen LogP contribution in [0.15, 0.2) is 53.3 Å². The van der Waals surface area contributed by atoms with E-state index in [1.54, 1.807) is 0 Å². The molecule has 29 heavy (non-hydrogen) atoms. The summed E-state index contributed by atoms with van der Waals surface area (Å²) in [6.07, 6.45) is 0. The highest BCUT2D eigenvalue weighted by Gasteiger charge is 2.30. The molecule has 150 valence electrons. The number of aryl methyl sites for hydroxylation is 1. The minimum absolute atomic E-state index is 0.215. The van der Waals surface area contributed by atoms with Crippen molar-refractivity contribution in [2.75, 3.05) is 31.1 Å². The molecule has 0 bridgehead atoms. The van der Waals surface area contributed by atoms with Gasteiger partial charge in [-0.1, -0.05) is 30.3 Å². The van der Waals surface area contributed by atoms with Crippen LogP contribution in [0.3, 0.4) is 0 Å². The van der Waals surface area contributed by atoms with E-state index in [0.717, 1.165) is 6.54 Å². The fourth-order valence-corrected chi connectivity index (χ4v) is 3.94. The minimum atomic E-state index is -0.684. The van der Waals surface area contributed by atoms with Crippen molar-refractivity contribution in [1.29, 1.82) is 0 Å². The van der Waals surface area contributed by atoms with E-state index in [-0.39, 0.29) is 5.69 Å². The van der Waals surface area contributed by atoms with Gasteiger partial charge in [0.2, 0.25) is 0 Å². The maximum absolute atomic E-state index is 14.0. The summed E-state index contributed by atoms with van der Waals surface area (Å²) in [7, 11) is 1.47. The van der Waals surface area contributed by atoms with E-state index in [2.05, 4.69) is 17.0 Å². The van der Waals surface area contributed by atoms with E-state index in [1.807, 2.05) is 23.1 Å². The third kappa shape index (κ3) is 3.58. The van der Waals surface area contributed by atoms with Gasteiger partial charge in [0, 0.05) is 45.2 Å². The van der Waals surface area contributed by atoms with Crippen molar-refractivity contribution in [1.82, 2.24) is 9.47 Å². The number of benzene rings is 2. The van der Waals surface area contributed by atoms with Gasteiger partial charge < -0.3 is 9.47 Å². The quantitative estimate of drug-likeness (QED) is 0.501. The van der Waals surface area contributed by atoms with Gasteiger partial charge in [0.25, 0.3) is 0 Å². The molecular weight excluding hydrogens is 375 g/mol. The number of aromatic nitrogens is 1. The van der Waals surface area contributed by atoms with Gasteiger partial charge in [0.15, 0.2) is 0 Å². The molecule has 1 aromatic heterocycles. The standard InChI is InChI=1S/C21H21FN4O3/c1-23-18-8-7-16(22)13-17(18)19(20(21(23)27)26(28)29)25-11-9-24(10-12-25)14-15-5-3-2-4-6-15/h2-8,13H,9-12,14H2,1H3. The SMILES string of the molecule is Cn1c(=O)c([N+](=O)[O-])c(N2CCN(Cc3ccccc3)CC2)c2cc(F)ccc21. The molecule has 2 aromatic carbocycles. The first kappa shape index (κ1) is 19.1. The second-order valence-corrected chi connectivity index (χ2v) is 7.23. The van der Waals surface area contributed by atoms with Crippen molar-refractivity contribution in [2.24, 2.45) is 7.05 Å². The van der Waals surface area contributed by atoms with Crippen LogP contribution in [0.4, 0.5) is 15.8 Å². The number of nitro groups is 1. The van der Waals surface area contributed by atoms with E-state index in [9.17, 15) is 19.3 Å². The lowest BCUT2D eigenvalue weighted by Gasteiger charge is -2.36. The van der Waals surface area contributed by atoms with Crippen molar-refractivity contribution in [3.05, 3.63) is 80.4 Å². The highest BCUT2D eigenvalue weighted by atomic mass is 19.1. The van der Waals surface area contributed by atoms with Crippen LogP contribution in [0.2, 0.25) is 0 Å². The summed E-state index contributed by atoms with van der Waals surface area (Å²) in [5.74, 6) is -0.491. The maximum Gasteiger partial charge on any atom is 0.357 e. The Morgan fingerprint density at radius 2 is 1.76 bits per heavy atom. The van der Waals surface area contributed by atoms with Crippen LogP contribution < -0.4 is 10.5 Å². The summed E-state index contributed by atoms with van der Waals surface area (Å²) in [4.78, 5) is 27.8. The molecule has 0 aliphatic carbocycles. The number of pyridine rings is 1. The lowest BCUT2D eigenvalue weighted by atomic mass is 10.1. The van der Waals surface area contributed by atoms with Crippen molar-refractivity contribution in [3.8, 4) is 0 Å². The Hall–Kier alpha value is -3.26. The Morgan fingerprint density at radius 1 is 1.07 bits per heavy atom. The van der Waals surface area contributed by atoms with E-state index >= 15 is 0 Å². The van der Waals surface area contributed by atoms with E-state index in [1.165, 1.54) is 35.4 Å². The van der Waals surface area contributed by atoms with Gasteiger partial charge in [-0.3, -0.25) is 19.8 Å². The molecule has 1 aliphatic heterocycles. The first-order chi connectivity index (χ1) is 14.0. The number of hydrogen-bond acceptors (Lipinski definition) is 5. The topological polar surface area (TPSA) is 71.6 Å². The predicted octanol–water partition coefficient (Wildman–Crippen LogP) is 2.91. The molecule has 3 aromatic rings. The Bertz CT molecular complexity index is 1120. The molecule has 0 radical (unpaired) electrons. The van der Waals surface area contributed by atoms with Gasteiger partial charge in [0.05, 0.1) is 10.4 Å². The second kappa shape index (κ2) is 7.63. The molecule has 2 heterocycles. The largest absolute Gasteiger partial charge is 0.363 e. The van der Waals surface area contributed by atoms with E-state index < -0.39 is 22.0 Å². The van der Waals surface area contributed by atoms with Gasteiger partial charge >= 0.3 is 11.2 Å². The van der Waals surface area contributed by atoms with Crippen LogP contribution in [-0.2, 0) is 13.6 Å². The predicted molar refractivity (Wildman–Crippen MR) is 110 cm³/mol. The lowest BCUT2D eigenvalue weighted by molar-refractivity contribution is -0.385. The van der Waals surface area contributed by atoms with Gasteiger partial charge in [-0.25, -0.2) is 4.39 Å². The molecule has 0 amide bonds. The Morgan fingerprint density at radius 3 is 2.41 bits per heavy atom. The summed E-state index contributed by atoms with van der Waals surface area (Å²) in [6.45, 7) is 3.22. The third-order valence-electron chi connectivity index (χ3n) is 5.43. The number of halogens is 1. The molecule has 1 fully saturated rings. The van der Waals surface area contributed by atoms with Gasteiger partial charge in [0.1, 0.15) is 11.5 Å². The van der Waals surface area contributed by atoms with Crippen molar-refractivity contribution in [3.63, 3.8) is 0 Å². The van der Waals surface area contributed by atoms with Crippen LogP contribution in [-0.4, -0.2) is 40.6 Å². The van der Waals surface area contributed by atoms with Crippen LogP contribution in [0, 0.1) is 15.9 Å². The van der Waals surface area contributed by atoms with E-state index in [0.29, 0.717) is 37.1 Å². The fourth-order valence-electron chi connectivity index (χ4n) is 3.94. The molecule has 0 N–H and O–H groups in total. The van der Waals surface area contributed by atoms with Crippen LogP contribution in [0.1, 0.15) is 5.56 Å². The number of rotatable bonds is 4. The Kier molecular flexibility index (Phi) is 5.02. The summed E-state index contributed by atoms with van der Waals surface area (Å²) >= 11 is 0. The monoisotopic (exact) mass is 396 g/mol. The Balaban J connectivity index is 1.70.